The lowest BCUT2D eigenvalue weighted by molar-refractivity contribution is -0.129. The van der Waals surface area contributed by atoms with Crippen LogP contribution in [0.1, 0.15) is 25.5 Å². The second-order valence-corrected chi connectivity index (χ2v) is 8.04. The Balaban J connectivity index is 1.65. The fourth-order valence-corrected chi connectivity index (χ4v) is 3.72. The topological polar surface area (TPSA) is 85.6 Å². The Bertz CT molecular complexity index is 1290. The fourth-order valence-electron chi connectivity index (χ4n) is 3.72. The summed E-state index contributed by atoms with van der Waals surface area (Å²) in [5, 5.41) is 17.7. The molecular weight excluding hydrogens is 437 g/mol. The third-order valence-corrected chi connectivity index (χ3v) is 5.50. The van der Waals surface area contributed by atoms with Crippen LogP contribution in [0.4, 0.5) is 4.39 Å². The summed E-state index contributed by atoms with van der Waals surface area (Å²) in [6, 6.07) is 18.6. The lowest BCUT2D eigenvalue weighted by Crippen LogP contribution is -2.43. The Morgan fingerprint density at radius 3 is 2.53 bits per heavy atom. The average molecular weight is 464 g/mol. The van der Waals surface area contributed by atoms with E-state index in [2.05, 4.69) is 10.4 Å². The summed E-state index contributed by atoms with van der Waals surface area (Å²) in [5.74, 6) is 0.449. The molecule has 0 fully saturated rings. The van der Waals surface area contributed by atoms with Gasteiger partial charge in [0.15, 0.2) is 0 Å². The van der Waals surface area contributed by atoms with Gasteiger partial charge >= 0.3 is 0 Å². The van der Waals surface area contributed by atoms with Crippen LogP contribution in [0.3, 0.4) is 0 Å². The zero-order valence-corrected chi connectivity index (χ0v) is 19.1. The van der Waals surface area contributed by atoms with Crippen molar-refractivity contribution in [2.24, 2.45) is 0 Å². The Morgan fingerprint density at radius 1 is 1.06 bits per heavy atom. The number of fused-ring (bicyclic) bond motifs is 1. The highest BCUT2D eigenvalue weighted by Gasteiger charge is 2.25. The Labute approximate surface area is 196 Å². The minimum atomic E-state index is -1.14. The summed E-state index contributed by atoms with van der Waals surface area (Å²) in [5.41, 5.74) is 2.39. The molecule has 3 atom stereocenters. The number of carbonyl (C=O) groups excluding carboxylic acids is 1. The minimum absolute atomic E-state index is 0.309. The third kappa shape index (κ3) is 5.02. The number of amides is 1. The van der Waals surface area contributed by atoms with Crippen LogP contribution in [0.5, 0.6) is 11.5 Å². The number of ether oxygens (including phenoxy) is 2. The quantitative estimate of drug-likeness (QED) is 0.410. The van der Waals surface area contributed by atoms with Crippen LogP contribution in [0.25, 0.3) is 16.6 Å². The van der Waals surface area contributed by atoms with Gasteiger partial charge in [0.05, 0.1) is 30.6 Å². The molecule has 0 aliphatic carbocycles. The van der Waals surface area contributed by atoms with Crippen molar-refractivity contribution < 1.29 is 23.8 Å². The number of nitrogens with zero attached hydrogens (tertiary/aromatic N) is 2. The molecule has 176 valence electrons. The predicted molar refractivity (Wildman–Crippen MR) is 127 cm³/mol. The first-order chi connectivity index (χ1) is 16.4. The molecule has 1 aromatic heterocycles. The standard InChI is InChI=1S/C26H26FN3O4/c1-16(29-26(32)17(2)31)25(18-5-4-6-22(13-18)33-3)34-23-11-12-24-19(14-23)15-28-30(24)21-9-7-20(27)8-10-21/h4-17,25,31H,1-3H3,(H,29,32)/t16-,17?,25-/m0/s1. The smallest absolute Gasteiger partial charge is 0.248 e. The monoisotopic (exact) mass is 463 g/mol. The van der Waals surface area contributed by atoms with Gasteiger partial charge in [-0.05, 0) is 74.0 Å². The Kier molecular flexibility index (Phi) is 6.79. The molecule has 1 heterocycles. The Morgan fingerprint density at radius 2 is 1.82 bits per heavy atom. The molecule has 0 aliphatic heterocycles. The maximum atomic E-state index is 13.3. The summed E-state index contributed by atoms with van der Waals surface area (Å²) in [4.78, 5) is 12.1. The molecule has 0 saturated carbocycles. The van der Waals surface area contributed by atoms with Crippen LogP contribution in [0.2, 0.25) is 0 Å². The number of aromatic nitrogens is 2. The maximum Gasteiger partial charge on any atom is 0.248 e. The van der Waals surface area contributed by atoms with E-state index in [-0.39, 0.29) is 5.82 Å². The molecule has 0 spiro atoms. The van der Waals surface area contributed by atoms with Gasteiger partial charge in [0.1, 0.15) is 29.5 Å². The molecule has 0 bridgehead atoms. The van der Waals surface area contributed by atoms with Gasteiger partial charge < -0.3 is 19.9 Å². The number of carbonyl (C=O) groups is 1. The Hall–Kier alpha value is -3.91. The number of halogens is 1. The second kappa shape index (κ2) is 9.93. The van der Waals surface area contributed by atoms with Crippen LogP contribution < -0.4 is 14.8 Å². The van der Waals surface area contributed by atoms with Crippen LogP contribution in [0.15, 0.2) is 72.9 Å². The molecular formula is C26H26FN3O4. The molecule has 1 unspecified atom stereocenters. The third-order valence-electron chi connectivity index (χ3n) is 5.50. The molecule has 4 aromatic rings. The van der Waals surface area contributed by atoms with Crippen LogP contribution in [-0.2, 0) is 4.79 Å². The van der Waals surface area contributed by atoms with E-state index in [4.69, 9.17) is 9.47 Å². The lowest BCUT2D eigenvalue weighted by atomic mass is 10.0. The van der Waals surface area contributed by atoms with Crippen molar-refractivity contribution >= 4 is 16.8 Å². The van der Waals surface area contributed by atoms with Crippen molar-refractivity contribution in [3.05, 3.63) is 84.3 Å². The molecule has 1 amide bonds. The van der Waals surface area contributed by atoms with E-state index in [9.17, 15) is 14.3 Å². The van der Waals surface area contributed by atoms with E-state index >= 15 is 0 Å². The number of hydrogen-bond acceptors (Lipinski definition) is 5. The molecule has 0 aliphatic rings. The van der Waals surface area contributed by atoms with Crippen LogP contribution >= 0.6 is 0 Å². The van der Waals surface area contributed by atoms with Crippen LogP contribution in [-0.4, -0.2) is 40.0 Å². The molecule has 34 heavy (non-hydrogen) atoms. The highest BCUT2D eigenvalue weighted by Crippen LogP contribution is 2.30. The SMILES string of the molecule is COc1cccc([C@@H](Oc2ccc3c(cnn3-c3ccc(F)cc3)c2)[C@H](C)NC(=O)C(C)O)c1. The van der Waals surface area contributed by atoms with E-state index in [1.807, 2.05) is 49.4 Å². The summed E-state index contributed by atoms with van der Waals surface area (Å²) < 4.78 is 26.7. The molecule has 7 nitrogen and oxygen atoms in total. The highest BCUT2D eigenvalue weighted by molar-refractivity contribution is 5.82. The van der Waals surface area contributed by atoms with Crippen molar-refractivity contribution in [3.8, 4) is 17.2 Å². The number of hydrogen-bond donors (Lipinski definition) is 2. The van der Waals surface area contributed by atoms with E-state index in [1.54, 1.807) is 30.1 Å². The van der Waals surface area contributed by atoms with Gasteiger partial charge in [0.2, 0.25) is 5.91 Å². The number of nitrogens with one attached hydrogen (secondary N) is 1. The number of aliphatic hydroxyl groups excluding tert-OH is 1. The second-order valence-electron chi connectivity index (χ2n) is 8.04. The number of benzene rings is 3. The molecule has 3 aromatic carbocycles. The number of aliphatic hydroxyl groups is 1. The van der Waals surface area contributed by atoms with E-state index in [0.29, 0.717) is 11.5 Å². The van der Waals surface area contributed by atoms with Crippen molar-refractivity contribution in [2.45, 2.75) is 32.1 Å². The first kappa shape index (κ1) is 23.3. The molecule has 0 radical (unpaired) electrons. The van der Waals surface area contributed by atoms with E-state index < -0.39 is 24.2 Å². The predicted octanol–water partition coefficient (Wildman–Crippen LogP) is 4.18. The van der Waals surface area contributed by atoms with Crippen molar-refractivity contribution in [1.29, 1.82) is 0 Å². The number of methoxy groups -OCH3 is 1. The van der Waals surface area contributed by atoms with E-state index in [0.717, 1.165) is 22.2 Å². The van der Waals surface area contributed by atoms with E-state index in [1.165, 1.54) is 19.1 Å². The summed E-state index contributed by atoms with van der Waals surface area (Å²) in [6.07, 6.45) is 0.0227. The van der Waals surface area contributed by atoms with Gasteiger partial charge in [0, 0.05) is 5.39 Å². The first-order valence-corrected chi connectivity index (χ1v) is 10.9. The van der Waals surface area contributed by atoms with Gasteiger partial charge in [-0.15, -0.1) is 0 Å². The minimum Gasteiger partial charge on any atom is -0.497 e. The van der Waals surface area contributed by atoms with Gasteiger partial charge in [-0.1, -0.05) is 12.1 Å². The largest absolute Gasteiger partial charge is 0.497 e. The molecule has 2 N–H and O–H groups in total. The summed E-state index contributed by atoms with van der Waals surface area (Å²) >= 11 is 0. The summed E-state index contributed by atoms with van der Waals surface area (Å²) in [6.45, 7) is 3.23. The number of rotatable bonds is 8. The normalized spacial score (nSPS) is 13.8. The average Bonchev–Trinajstić information content (AvgIpc) is 3.26. The maximum absolute atomic E-state index is 13.3. The van der Waals surface area contributed by atoms with Crippen molar-refractivity contribution in [1.82, 2.24) is 15.1 Å². The van der Waals surface area contributed by atoms with Crippen molar-refractivity contribution in [3.63, 3.8) is 0 Å². The molecule has 4 rings (SSSR count). The van der Waals surface area contributed by atoms with Gasteiger partial charge in [-0.3, -0.25) is 4.79 Å². The zero-order chi connectivity index (χ0) is 24.2. The highest BCUT2D eigenvalue weighted by atomic mass is 19.1. The lowest BCUT2D eigenvalue weighted by Gasteiger charge is -2.27. The molecule has 0 saturated heterocycles. The van der Waals surface area contributed by atoms with Gasteiger partial charge in [-0.25, -0.2) is 9.07 Å². The first-order valence-electron chi connectivity index (χ1n) is 10.9. The zero-order valence-electron chi connectivity index (χ0n) is 19.1. The fraction of sp³-hybridized carbons (Fsp3) is 0.231. The van der Waals surface area contributed by atoms with Gasteiger partial charge in [-0.2, -0.15) is 5.10 Å². The summed E-state index contributed by atoms with van der Waals surface area (Å²) in [7, 11) is 1.58. The van der Waals surface area contributed by atoms with Crippen molar-refractivity contribution in [2.75, 3.05) is 7.11 Å². The van der Waals surface area contributed by atoms with Crippen LogP contribution in [0, 0.1) is 5.82 Å². The molecule has 8 heteroatoms. The van der Waals surface area contributed by atoms with Gasteiger partial charge in [0.25, 0.3) is 0 Å².